The Morgan fingerprint density at radius 2 is 2.27 bits per heavy atom. The van der Waals surface area contributed by atoms with E-state index in [1.54, 1.807) is 24.2 Å². The fourth-order valence-electron chi connectivity index (χ4n) is 2.33. The number of benzene rings is 1. The van der Waals surface area contributed by atoms with Crippen LogP contribution in [0.4, 0.5) is 0 Å². The van der Waals surface area contributed by atoms with E-state index in [1.165, 1.54) is 0 Å². The van der Waals surface area contributed by atoms with Gasteiger partial charge in [0.1, 0.15) is 0 Å². The largest absolute Gasteiger partial charge is 0.361 e. The number of halogens is 1. The second-order valence-corrected chi connectivity index (χ2v) is 6.44. The van der Waals surface area contributed by atoms with Gasteiger partial charge in [-0.25, -0.2) is 0 Å². The van der Waals surface area contributed by atoms with Crippen molar-refractivity contribution >= 4 is 50.2 Å². The van der Waals surface area contributed by atoms with Gasteiger partial charge in [0.25, 0.3) is 0 Å². The molecule has 0 aliphatic rings. The molecular formula is C17H12BrN3S. The summed E-state index contributed by atoms with van der Waals surface area (Å²) < 4.78 is 0.990. The Morgan fingerprint density at radius 3 is 3.05 bits per heavy atom. The first kappa shape index (κ1) is 14.9. The number of aromatic amines is 1. The zero-order chi connectivity index (χ0) is 15.5. The molecule has 0 radical (unpaired) electrons. The number of hydrogen-bond acceptors (Lipinski definition) is 3. The third kappa shape index (κ3) is 2.80. The molecule has 0 aliphatic carbocycles. The highest BCUT2D eigenvalue weighted by Gasteiger charge is 2.10. The Kier molecular flexibility index (Phi) is 4.32. The van der Waals surface area contributed by atoms with Crippen LogP contribution in [0.3, 0.4) is 0 Å². The van der Waals surface area contributed by atoms with Crippen LogP contribution in [0.25, 0.3) is 22.6 Å². The van der Waals surface area contributed by atoms with E-state index >= 15 is 0 Å². The number of H-pyrrole nitrogens is 1. The molecule has 0 spiro atoms. The summed E-state index contributed by atoms with van der Waals surface area (Å²) in [5, 5.41) is 10.6. The molecule has 108 valence electrons. The van der Waals surface area contributed by atoms with Gasteiger partial charge in [-0.3, -0.25) is 4.98 Å². The summed E-state index contributed by atoms with van der Waals surface area (Å²) in [7, 11) is 0. The van der Waals surface area contributed by atoms with E-state index in [-0.39, 0.29) is 0 Å². The van der Waals surface area contributed by atoms with Crippen LogP contribution in [0, 0.1) is 11.3 Å². The number of thioether (sulfide) groups is 1. The van der Waals surface area contributed by atoms with Gasteiger partial charge in [-0.15, -0.1) is 11.8 Å². The molecule has 3 nitrogen and oxygen atoms in total. The average Bonchev–Trinajstić information content (AvgIpc) is 2.95. The number of fused-ring (bicyclic) bond motifs is 1. The van der Waals surface area contributed by atoms with Crippen molar-refractivity contribution in [3.63, 3.8) is 0 Å². The Bertz CT molecular complexity index is 906. The molecule has 3 aromatic rings. The highest BCUT2D eigenvalue weighted by atomic mass is 79.9. The first-order chi connectivity index (χ1) is 10.7. The predicted octanol–water partition coefficient (Wildman–Crippen LogP) is 5.11. The fraction of sp³-hybridized carbons (Fsp3) is 0.0588. The van der Waals surface area contributed by atoms with Gasteiger partial charge in [-0.1, -0.05) is 15.9 Å². The molecule has 0 saturated carbocycles. The van der Waals surface area contributed by atoms with Crippen molar-refractivity contribution < 1.29 is 0 Å². The van der Waals surface area contributed by atoms with Crippen molar-refractivity contribution in [2.45, 2.75) is 4.90 Å². The van der Waals surface area contributed by atoms with Crippen molar-refractivity contribution in [1.82, 2.24) is 9.97 Å². The van der Waals surface area contributed by atoms with Crippen molar-refractivity contribution in [2.75, 3.05) is 6.26 Å². The third-order valence-corrected chi connectivity index (χ3v) is 4.69. The van der Waals surface area contributed by atoms with E-state index in [1.807, 2.05) is 42.8 Å². The summed E-state index contributed by atoms with van der Waals surface area (Å²) in [5.74, 6) is 0. The zero-order valence-corrected chi connectivity index (χ0v) is 14.2. The smallest absolute Gasteiger partial charge is 0.0998 e. The van der Waals surface area contributed by atoms with Crippen molar-refractivity contribution in [1.29, 1.82) is 5.26 Å². The van der Waals surface area contributed by atoms with Crippen LogP contribution in [0.2, 0.25) is 0 Å². The van der Waals surface area contributed by atoms with Gasteiger partial charge < -0.3 is 4.98 Å². The zero-order valence-electron chi connectivity index (χ0n) is 11.8. The first-order valence-corrected chi connectivity index (χ1v) is 8.61. The molecule has 0 aliphatic heterocycles. The molecule has 2 heterocycles. The summed E-state index contributed by atoms with van der Waals surface area (Å²) in [5.41, 5.74) is 3.48. The van der Waals surface area contributed by atoms with Crippen molar-refractivity contribution in [3.8, 4) is 6.07 Å². The number of nitrogens with zero attached hydrogens (tertiary/aromatic N) is 2. The Morgan fingerprint density at radius 1 is 1.41 bits per heavy atom. The molecule has 0 fully saturated rings. The van der Waals surface area contributed by atoms with Crippen LogP contribution in [-0.4, -0.2) is 16.2 Å². The molecule has 0 saturated heterocycles. The number of allylic oxidation sites excluding steroid dienone is 1. The van der Waals surface area contributed by atoms with Crippen LogP contribution in [0.15, 0.2) is 52.2 Å². The molecule has 0 bridgehead atoms. The third-order valence-electron chi connectivity index (χ3n) is 3.38. The average molecular weight is 370 g/mol. The normalized spacial score (nSPS) is 11.6. The van der Waals surface area contributed by atoms with E-state index in [0.717, 1.165) is 31.4 Å². The quantitative estimate of drug-likeness (QED) is 0.515. The maximum absolute atomic E-state index is 9.58. The molecule has 5 heteroatoms. The summed E-state index contributed by atoms with van der Waals surface area (Å²) in [4.78, 5) is 8.47. The number of pyridine rings is 1. The van der Waals surface area contributed by atoms with E-state index in [9.17, 15) is 5.26 Å². The molecule has 3 rings (SSSR count). The minimum absolute atomic E-state index is 0.618. The molecule has 1 aromatic carbocycles. The number of rotatable bonds is 3. The van der Waals surface area contributed by atoms with Gasteiger partial charge in [0.2, 0.25) is 0 Å². The monoisotopic (exact) mass is 369 g/mol. The topological polar surface area (TPSA) is 52.5 Å². The van der Waals surface area contributed by atoms with Gasteiger partial charge >= 0.3 is 0 Å². The number of nitriles is 1. The lowest BCUT2D eigenvalue weighted by Gasteiger charge is -2.03. The lowest BCUT2D eigenvalue weighted by Crippen LogP contribution is -1.84. The molecule has 2 aromatic heterocycles. The van der Waals surface area contributed by atoms with Crippen LogP contribution < -0.4 is 0 Å². The molecule has 0 amide bonds. The van der Waals surface area contributed by atoms with Crippen LogP contribution in [-0.2, 0) is 0 Å². The first-order valence-electron chi connectivity index (χ1n) is 6.59. The van der Waals surface area contributed by atoms with E-state index in [0.29, 0.717) is 5.57 Å². The Balaban J connectivity index is 2.16. The fourth-order valence-corrected chi connectivity index (χ4v) is 3.23. The van der Waals surface area contributed by atoms with E-state index < -0.39 is 0 Å². The second kappa shape index (κ2) is 6.39. The minimum Gasteiger partial charge on any atom is -0.361 e. The minimum atomic E-state index is 0.618. The standard InChI is InChI=1S/C17H12BrN3S/c1-22-17-4-5-20-9-12(17)6-11(8-19)15-10-21-16-3-2-13(18)7-14(15)16/h2-7,9-10,21H,1H3/b11-6+. The van der Waals surface area contributed by atoms with Crippen LogP contribution in [0.5, 0.6) is 0 Å². The van der Waals surface area contributed by atoms with Gasteiger partial charge in [0, 0.05) is 50.0 Å². The maximum Gasteiger partial charge on any atom is 0.0998 e. The number of nitrogens with one attached hydrogen (secondary N) is 1. The molecule has 1 N–H and O–H groups in total. The summed E-state index contributed by atoms with van der Waals surface area (Å²) in [6.07, 6.45) is 9.33. The molecular weight excluding hydrogens is 358 g/mol. The summed E-state index contributed by atoms with van der Waals surface area (Å²) in [6.45, 7) is 0. The Hall–Kier alpha value is -2.03. The predicted molar refractivity (Wildman–Crippen MR) is 95.5 cm³/mol. The highest BCUT2D eigenvalue weighted by Crippen LogP contribution is 2.30. The van der Waals surface area contributed by atoms with Crippen molar-refractivity contribution in [3.05, 3.63) is 58.5 Å². The lowest BCUT2D eigenvalue weighted by atomic mass is 10.0. The maximum atomic E-state index is 9.58. The van der Waals surface area contributed by atoms with Gasteiger partial charge in [0.05, 0.1) is 11.6 Å². The molecule has 22 heavy (non-hydrogen) atoms. The van der Waals surface area contributed by atoms with Crippen LogP contribution in [0.1, 0.15) is 11.1 Å². The number of aromatic nitrogens is 2. The highest BCUT2D eigenvalue weighted by molar-refractivity contribution is 9.10. The van der Waals surface area contributed by atoms with E-state index in [4.69, 9.17) is 0 Å². The van der Waals surface area contributed by atoms with Crippen molar-refractivity contribution in [2.24, 2.45) is 0 Å². The van der Waals surface area contributed by atoms with Gasteiger partial charge in [-0.2, -0.15) is 5.26 Å². The summed E-state index contributed by atoms with van der Waals surface area (Å²) >= 11 is 5.12. The number of hydrogen-bond donors (Lipinski definition) is 1. The Labute approximate surface area is 141 Å². The molecule has 0 atom stereocenters. The lowest BCUT2D eigenvalue weighted by molar-refractivity contribution is 1.25. The van der Waals surface area contributed by atoms with Gasteiger partial charge in [-0.05, 0) is 36.6 Å². The molecule has 0 unspecified atom stereocenters. The van der Waals surface area contributed by atoms with Crippen LogP contribution >= 0.6 is 27.7 Å². The summed E-state index contributed by atoms with van der Waals surface area (Å²) in [6, 6.07) is 10.3. The van der Waals surface area contributed by atoms with Gasteiger partial charge in [0.15, 0.2) is 0 Å². The van der Waals surface area contributed by atoms with E-state index in [2.05, 4.69) is 32.0 Å². The second-order valence-electron chi connectivity index (χ2n) is 4.68. The SMILES string of the molecule is CSc1ccncc1/C=C(\C#N)c1c[nH]c2ccc(Br)cc12.